The Kier molecular flexibility index (Phi) is 3.30. The summed E-state index contributed by atoms with van der Waals surface area (Å²) in [5.41, 5.74) is 3.99. The van der Waals surface area contributed by atoms with E-state index in [0.29, 0.717) is 5.92 Å². The van der Waals surface area contributed by atoms with E-state index >= 15 is 0 Å². The third-order valence-electron chi connectivity index (χ3n) is 3.23. The van der Waals surface area contributed by atoms with E-state index in [1.807, 2.05) is 6.08 Å². The first kappa shape index (κ1) is 11.2. The Labute approximate surface area is 97.2 Å². The lowest BCUT2D eigenvalue weighted by Crippen LogP contribution is -2.21. The van der Waals surface area contributed by atoms with Gasteiger partial charge in [-0.2, -0.15) is 0 Å². The average molecular weight is 217 g/mol. The SMILES string of the molecule is C=CCN1CC(CCO)c2cc(C)ccc21. The molecule has 1 atom stereocenters. The van der Waals surface area contributed by atoms with E-state index in [-0.39, 0.29) is 6.61 Å². The molecule has 0 saturated carbocycles. The van der Waals surface area contributed by atoms with Crippen LogP contribution >= 0.6 is 0 Å². The molecular weight excluding hydrogens is 198 g/mol. The zero-order valence-electron chi connectivity index (χ0n) is 9.82. The predicted octanol–water partition coefficient (Wildman–Crippen LogP) is 2.47. The number of hydrogen-bond donors (Lipinski definition) is 1. The van der Waals surface area contributed by atoms with Gasteiger partial charge in [0.05, 0.1) is 0 Å². The van der Waals surface area contributed by atoms with Crippen LogP contribution in [0, 0.1) is 6.92 Å². The van der Waals surface area contributed by atoms with E-state index in [1.54, 1.807) is 0 Å². The number of aryl methyl sites for hydroxylation is 1. The zero-order valence-corrected chi connectivity index (χ0v) is 9.82. The van der Waals surface area contributed by atoms with Crippen molar-refractivity contribution in [1.29, 1.82) is 0 Å². The molecule has 1 aromatic rings. The van der Waals surface area contributed by atoms with Gasteiger partial charge in [-0.25, -0.2) is 0 Å². The molecule has 2 heteroatoms. The van der Waals surface area contributed by atoms with Gasteiger partial charge in [0.25, 0.3) is 0 Å². The number of nitrogens with zero attached hydrogens (tertiary/aromatic N) is 1. The molecule has 16 heavy (non-hydrogen) atoms. The van der Waals surface area contributed by atoms with Crippen molar-refractivity contribution in [1.82, 2.24) is 0 Å². The standard InChI is InChI=1S/C14H19NO/c1-3-7-15-10-12(6-8-16)13-9-11(2)4-5-14(13)15/h3-5,9,12,16H,1,6-8,10H2,2H3. The van der Waals surface area contributed by atoms with E-state index in [1.165, 1.54) is 16.8 Å². The van der Waals surface area contributed by atoms with Gasteiger partial charge in [0.1, 0.15) is 0 Å². The van der Waals surface area contributed by atoms with Crippen LogP contribution in [0.5, 0.6) is 0 Å². The lowest BCUT2D eigenvalue weighted by atomic mass is 9.97. The highest BCUT2D eigenvalue weighted by Gasteiger charge is 2.27. The predicted molar refractivity (Wildman–Crippen MR) is 68.0 cm³/mol. The zero-order chi connectivity index (χ0) is 11.5. The normalized spacial score (nSPS) is 18.6. The highest BCUT2D eigenvalue weighted by Crippen LogP contribution is 2.38. The minimum Gasteiger partial charge on any atom is -0.396 e. The molecule has 86 valence electrons. The van der Waals surface area contributed by atoms with Crippen LogP contribution in [0.15, 0.2) is 30.9 Å². The van der Waals surface area contributed by atoms with Crippen LogP contribution in [0.2, 0.25) is 0 Å². The molecule has 1 aliphatic heterocycles. The molecule has 0 spiro atoms. The number of anilines is 1. The summed E-state index contributed by atoms with van der Waals surface area (Å²) < 4.78 is 0. The quantitative estimate of drug-likeness (QED) is 0.783. The second kappa shape index (κ2) is 4.71. The molecule has 0 saturated heterocycles. The van der Waals surface area contributed by atoms with Gasteiger partial charge in [-0.05, 0) is 25.0 Å². The summed E-state index contributed by atoms with van der Waals surface area (Å²) in [6.45, 7) is 8.07. The van der Waals surface area contributed by atoms with Crippen LogP contribution in [-0.4, -0.2) is 24.8 Å². The van der Waals surface area contributed by atoms with Crippen LogP contribution in [0.1, 0.15) is 23.5 Å². The smallest absolute Gasteiger partial charge is 0.0437 e. The molecule has 1 N–H and O–H groups in total. The summed E-state index contributed by atoms with van der Waals surface area (Å²) in [4.78, 5) is 2.34. The molecule has 0 amide bonds. The molecule has 0 aliphatic carbocycles. The first-order valence-electron chi connectivity index (χ1n) is 5.83. The number of aliphatic hydroxyl groups is 1. The summed E-state index contributed by atoms with van der Waals surface area (Å²) in [6.07, 6.45) is 2.79. The molecule has 0 bridgehead atoms. The van der Waals surface area contributed by atoms with E-state index in [0.717, 1.165) is 19.5 Å². The van der Waals surface area contributed by atoms with E-state index in [2.05, 4.69) is 36.6 Å². The van der Waals surface area contributed by atoms with Gasteiger partial charge < -0.3 is 10.0 Å². The summed E-state index contributed by atoms with van der Waals surface area (Å²) in [5.74, 6) is 0.472. The maximum absolute atomic E-state index is 9.10. The van der Waals surface area contributed by atoms with Crippen molar-refractivity contribution in [2.24, 2.45) is 0 Å². The van der Waals surface area contributed by atoms with Crippen molar-refractivity contribution in [2.75, 3.05) is 24.6 Å². The maximum atomic E-state index is 9.10. The van der Waals surface area contributed by atoms with Gasteiger partial charge in [0, 0.05) is 31.3 Å². The molecule has 0 aromatic heterocycles. The van der Waals surface area contributed by atoms with Crippen LogP contribution in [0.3, 0.4) is 0 Å². The number of fused-ring (bicyclic) bond motifs is 1. The number of aliphatic hydroxyl groups excluding tert-OH is 1. The van der Waals surface area contributed by atoms with Crippen molar-refractivity contribution in [3.05, 3.63) is 42.0 Å². The highest BCUT2D eigenvalue weighted by molar-refractivity contribution is 5.61. The monoisotopic (exact) mass is 217 g/mol. The van der Waals surface area contributed by atoms with Crippen LogP contribution in [0.25, 0.3) is 0 Å². The van der Waals surface area contributed by atoms with E-state index in [9.17, 15) is 0 Å². The van der Waals surface area contributed by atoms with Crippen LogP contribution in [-0.2, 0) is 0 Å². The average Bonchev–Trinajstić information content (AvgIpc) is 2.58. The fraction of sp³-hybridized carbons (Fsp3) is 0.429. The second-order valence-corrected chi connectivity index (χ2v) is 4.47. The van der Waals surface area contributed by atoms with Crippen molar-refractivity contribution >= 4 is 5.69 Å². The molecule has 0 fully saturated rings. The number of hydrogen-bond acceptors (Lipinski definition) is 2. The third-order valence-corrected chi connectivity index (χ3v) is 3.23. The highest BCUT2D eigenvalue weighted by atomic mass is 16.3. The van der Waals surface area contributed by atoms with Crippen LogP contribution < -0.4 is 4.90 Å². The van der Waals surface area contributed by atoms with Crippen molar-refractivity contribution < 1.29 is 5.11 Å². The maximum Gasteiger partial charge on any atom is 0.0437 e. The minimum atomic E-state index is 0.264. The summed E-state index contributed by atoms with van der Waals surface area (Å²) in [7, 11) is 0. The fourth-order valence-corrected chi connectivity index (χ4v) is 2.48. The van der Waals surface area contributed by atoms with Crippen molar-refractivity contribution in [3.63, 3.8) is 0 Å². The first-order chi connectivity index (χ1) is 7.76. The third kappa shape index (κ3) is 1.98. The summed E-state index contributed by atoms with van der Waals surface area (Å²) >= 11 is 0. The second-order valence-electron chi connectivity index (χ2n) is 4.47. The Balaban J connectivity index is 2.32. The molecule has 1 aliphatic rings. The first-order valence-corrected chi connectivity index (χ1v) is 5.83. The largest absolute Gasteiger partial charge is 0.396 e. The summed E-state index contributed by atoms with van der Waals surface area (Å²) in [6, 6.07) is 6.58. The van der Waals surface area contributed by atoms with Crippen molar-refractivity contribution in [3.8, 4) is 0 Å². The number of rotatable bonds is 4. The van der Waals surface area contributed by atoms with E-state index in [4.69, 9.17) is 5.11 Å². The Bertz CT molecular complexity index is 386. The van der Waals surface area contributed by atoms with Crippen molar-refractivity contribution in [2.45, 2.75) is 19.3 Å². The van der Waals surface area contributed by atoms with Crippen LogP contribution in [0.4, 0.5) is 5.69 Å². The Morgan fingerprint density at radius 3 is 3.06 bits per heavy atom. The molecule has 2 nitrogen and oxygen atoms in total. The van der Waals surface area contributed by atoms with Gasteiger partial charge in [0.15, 0.2) is 0 Å². The van der Waals surface area contributed by atoms with Gasteiger partial charge in [-0.1, -0.05) is 23.8 Å². The lowest BCUT2D eigenvalue weighted by Gasteiger charge is -2.17. The van der Waals surface area contributed by atoms with E-state index < -0.39 is 0 Å². The Hall–Kier alpha value is -1.28. The Morgan fingerprint density at radius 2 is 2.38 bits per heavy atom. The minimum absolute atomic E-state index is 0.264. The van der Waals surface area contributed by atoms with Gasteiger partial charge >= 0.3 is 0 Å². The topological polar surface area (TPSA) is 23.5 Å². The molecule has 1 aromatic carbocycles. The number of benzene rings is 1. The summed E-state index contributed by atoms with van der Waals surface area (Å²) in [5, 5.41) is 9.10. The Morgan fingerprint density at radius 1 is 1.56 bits per heavy atom. The van der Waals surface area contributed by atoms with Gasteiger partial charge in [0.2, 0.25) is 0 Å². The lowest BCUT2D eigenvalue weighted by molar-refractivity contribution is 0.278. The fourth-order valence-electron chi connectivity index (χ4n) is 2.48. The molecule has 2 rings (SSSR count). The molecule has 1 unspecified atom stereocenters. The molecule has 0 radical (unpaired) electrons. The van der Waals surface area contributed by atoms with Gasteiger partial charge in [-0.3, -0.25) is 0 Å². The molecular formula is C14H19NO. The molecule has 1 heterocycles. The van der Waals surface area contributed by atoms with Gasteiger partial charge in [-0.15, -0.1) is 6.58 Å².